The Morgan fingerprint density at radius 2 is 1.20 bits per heavy atom. The minimum atomic E-state index is -0.729. The molecule has 44 heavy (non-hydrogen) atoms. The van der Waals surface area contributed by atoms with E-state index in [2.05, 4.69) is 22.5 Å². The first kappa shape index (κ1) is 39.4. The molecule has 0 bridgehead atoms. The zero-order chi connectivity index (χ0) is 33.5. The number of hydrogen-bond acceptors (Lipinski definition) is 12. The first-order valence-corrected chi connectivity index (χ1v) is 14.0. The predicted octanol–water partition coefficient (Wildman–Crippen LogP) is 2.84. The van der Waals surface area contributed by atoms with Crippen molar-refractivity contribution in [2.45, 2.75) is 72.6 Å². The van der Waals surface area contributed by atoms with Crippen LogP contribution < -0.4 is 16.0 Å². The highest BCUT2D eigenvalue weighted by Gasteiger charge is 2.12. The maximum absolute atomic E-state index is 12.0. The minimum absolute atomic E-state index is 0.00491. The van der Waals surface area contributed by atoms with Crippen LogP contribution in [0.15, 0.2) is 36.0 Å². The van der Waals surface area contributed by atoms with Crippen molar-refractivity contribution in [3.63, 3.8) is 0 Å². The van der Waals surface area contributed by atoms with Crippen LogP contribution in [0.3, 0.4) is 0 Å². The van der Waals surface area contributed by atoms with Gasteiger partial charge in [0.1, 0.15) is 38.6 Å². The maximum Gasteiger partial charge on any atom is 0.407 e. The summed E-state index contributed by atoms with van der Waals surface area (Å²) in [5.74, 6) is -1.79. The number of amides is 3. The molecule has 248 valence electrons. The van der Waals surface area contributed by atoms with E-state index in [0.717, 1.165) is 0 Å². The molecule has 0 saturated heterocycles. The van der Waals surface area contributed by atoms with E-state index < -0.39 is 48.4 Å². The van der Waals surface area contributed by atoms with Gasteiger partial charge in [-0.15, -0.1) is 0 Å². The smallest absolute Gasteiger partial charge is 0.407 e. The van der Waals surface area contributed by atoms with Crippen molar-refractivity contribution in [3.05, 3.63) is 36.0 Å². The summed E-state index contributed by atoms with van der Waals surface area (Å²) in [5, 5.41) is 7.41. The van der Waals surface area contributed by atoms with Crippen LogP contribution in [0.25, 0.3) is 0 Å². The van der Waals surface area contributed by atoms with Gasteiger partial charge in [0.05, 0.1) is 13.1 Å². The number of nitrogens with one attached hydrogen (secondary N) is 3. The van der Waals surface area contributed by atoms with Crippen LogP contribution in [0, 0.1) is 0 Å². The van der Waals surface area contributed by atoms with E-state index in [1.54, 1.807) is 40.7 Å². The Bertz CT molecular complexity index is 1040. The van der Waals surface area contributed by atoms with Crippen molar-refractivity contribution in [2.24, 2.45) is 0 Å². The summed E-state index contributed by atoms with van der Waals surface area (Å²) in [7, 11) is 0. The zero-order valence-electron chi connectivity index (χ0n) is 26.2. The van der Waals surface area contributed by atoms with Crippen LogP contribution in [0.1, 0.15) is 54.4 Å². The summed E-state index contributed by atoms with van der Waals surface area (Å²) in [5.41, 5.74) is 0.555. The number of esters is 3. The molecule has 2 unspecified atom stereocenters. The SMILES string of the molecule is C=C(C)C(=O)OCCNC(=O)OC(C)C/C=C/C(=O)OCCNC(=O)OC(C)C/C=C(\C)C(=O)OCCOC(=O)NC(C)C. The van der Waals surface area contributed by atoms with Gasteiger partial charge in [-0.1, -0.05) is 18.7 Å². The molecule has 15 heteroatoms. The molecule has 0 spiro atoms. The van der Waals surface area contributed by atoms with E-state index in [4.69, 9.17) is 28.4 Å². The van der Waals surface area contributed by atoms with Crippen LogP contribution in [0.5, 0.6) is 0 Å². The predicted molar refractivity (Wildman–Crippen MR) is 157 cm³/mol. The van der Waals surface area contributed by atoms with E-state index in [-0.39, 0.29) is 64.0 Å². The van der Waals surface area contributed by atoms with Crippen molar-refractivity contribution in [1.29, 1.82) is 0 Å². The highest BCUT2D eigenvalue weighted by molar-refractivity contribution is 5.87. The average molecular weight is 628 g/mol. The second-order valence-electron chi connectivity index (χ2n) is 9.70. The summed E-state index contributed by atoms with van der Waals surface area (Å²) in [6, 6.07) is -0.0706. The fourth-order valence-corrected chi connectivity index (χ4v) is 2.76. The zero-order valence-corrected chi connectivity index (χ0v) is 26.2. The Balaban J connectivity index is 4.06. The number of alkyl carbamates (subject to hydrolysis) is 3. The summed E-state index contributed by atoms with van der Waals surface area (Å²) in [6.07, 6.45) is 1.57. The molecule has 3 N–H and O–H groups in total. The van der Waals surface area contributed by atoms with Gasteiger partial charge in [0.2, 0.25) is 0 Å². The lowest BCUT2D eigenvalue weighted by molar-refractivity contribution is -0.140. The monoisotopic (exact) mass is 627 g/mol. The number of carbonyl (C=O) groups is 6. The molecule has 0 heterocycles. The van der Waals surface area contributed by atoms with Crippen LogP contribution in [-0.4, -0.2) is 94.0 Å². The van der Waals surface area contributed by atoms with E-state index in [0.29, 0.717) is 5.57 Å². The summed E-state index contributed by atoms with van der Waals surface area (Å²) < 4.78 is 30.0. The summed E-state index contributed by atoms with van der Waals surface area (Å²) in [4.78, 5) is 70.1. The van der Waals surface area contributed by atoms with Crippen LogP contribution in [0.4, 0.5) is 14.4 Å². The molecule has 2 atom stereocenters. The van der Waals surface area contributed by atoms with Crippen molar-refractivity contribution in [1.82, 2.24) is 16.0 Å². The molecule has 0 aromatic carbocycles. The van der Waals surface area contributed by atoms with Crippen molar-refractivity contribution >= 4 is 36.2 Å². The third-order valence-electron chi connectivity index (χ3n) is 4.94. The highest BCUT2D eigenvalue weighted by Crippen LogP contribution is 2.05. The van der Waals surface area contributed by atoms with Gasteiger partial charge in [0.25, 0.3) is 0 Å². The molecule has 0 aromatic rings. The number of hydrogen-bond donors (Lipinski definition) is 3. The Labute approximate surface area is 257 Å². The summed E-state index contributed by atoms with van der Waals surface area (Å²) >= 11 is 0. The second kappa shape index (κ2) is 23.0. The van der Waals surface area contributed by atoms with E-state index >= 15 is 0 Å². The molecular weight excluding hydrogens is 582 g/mol. The fourth-order valence-electron chi connectivity index (χ4n) is 2.76. The standard InChI is InChI=1S/C29H45N3O12/c1-19(2)25(34)40-16-14-31-27(36)43-22(6)9-8-10-24(33)39-15-13-30-28(37)44-23(7)12-11-21(5)26(35)41-17-18-42-29(38)32-20(3)4/h8,10-11,20,22-23H,1,9,12-18H2,2-7H3,(H,30,37)(H,31,36)(H,32,38)/b10-8+,21-11+. The average Bonchev–Trinajstić information content (AvgIpc) is 2.93. The van der Waals surface area contributed by atoms with E-state index in [9.17, 15) is 28.8 Å². The summed E-state index contributed by atoms with van der Waals surface area (Å²) in [6.45, 7) is 13.1. The molecule has 0 radical (unpaired) electrons. The Hall–Kier alpha value is -4.56. The molecule has 3 amide bonds. The Kier molecular flexibility index (Phi) is 20.6. The lowest BCUT2D eigenvalue weighted by Crippen LogP contribution is -2.31. The van der Waals surface area contributed by atoms with Crippen LogP contribution >= 0.6 is 0 Å². The molecule has 0 saturated carbocycles. The highest BCUT2D eigenvalue weighted by atomic mass is 16.6. The molecule has 0 fully saturated rings. The third kappa shape index (κ3) is 22.1. The number of carbonyl (C=O) groups excluding carboxylic acids is 6. The van der Waals surface area contributed by atoms with Gasteiger partial charge in [-0.2, -0.15) is 0 Å². The lowest BCUT2D eigenvalue weighted by atomic mass is 10.2. The molecule has 0 aromatic heterocycles. The molecule has 0 aliphatic carbocycles. The second-order valence-corrected chi connectivity index (χ2v) is 9.70. The van der Waals surface area contributed by atoms with Crippen molar-refractivity contribution in [2.75, 3.05) is 39.5 Å². The minimum Gasteiger partial charge on any atom is -0.461 e. The van der Waals surface area contributed by atoms with Gasteiger partial charge in [0.15, 0.2) is 0 Å². The van der Waals surface area contributed by atoms with Crippen LogP contribution in [-0.2, 0) is 42.8 Å². The van der Waals surface area contributed by atoms with Gasteiger partial charge < -0.3 is 44.4 Å². The van der Waals surface area contributed by atoms with Gasteiger partial charge in [0, 0.05) is 36.1 Å². The fraction of sp³-hybridized carbons (Fsp3) is 0.586. The van der Waals surface area contributed by atoms with Crippen molar-refractivity contribution < 1.29 is 57.2 Å². The van der Waals surface area contributed by atoms with Gasteiger partial charge >= 0.3 is 36.2 Å². The third-order valence-corrected chi connectivity index (χ3v) is 4.94. The molecule has 0 rings (SSSR count). The van der Waals surface area contributed by atoms with E-state index in [1.807, 2.05) is 0 Å². The first-order chi connectivity index (χ1) is 20.7. The topological polar surface area (TPSA) is 194 Å². The van der Waals surface area contributed by atoms with Crippen molar-refractivity contribution in [3.8, 4) is 0 Å². The van der Waals surface area contributed by atoms with Gasteiger partial charge in [-0.05, 0) is 41.5 Å². The number of ether oxygens (including phenoxy) is 6. The Morgan fingerprint density at radius 1 is 0.682 bits per heavy atom. The Morgan fingerprint density at radius 3 is 1.77 bits per heavy atom. The van der Waals surface area contributed by atoms with Gasteiger partial charge in [-0.3, -0.25) is 0 Å². The normalized spacial score (nSPS) is 12.4. The lowest BCUT2D eigenvalue weighted by Gasteiger charge is -2.13. The maximum atomic E-state index is 12.0. The quantitative estimate of drug-likeness (QED) is 0.0822. The molecule has 0 aliphatic rings. The molecule has 0 aliphatic heterocycles. The first-order valence-electron chi connectivity index (χ1n) is 14.0. The van der Waals surface area contributed by atoms with Crippen LogP contribution in [0.2, 0.25) is 0 Å². The largest absolute Gasteiger partial charge is 0.461 e. The van der Waals surface area contributed by atoms with Gasteiger partial charge in [-0.25, -0.2) is 28.8 Å². The number of rotatable bonds is 19. The van der Waals surface area contributed by atoms with E-state index in [1.165, 1.54) is 19.1 Å². The molecular formula is C29H45N3O12. The molecule has 15 nitrogen and oxygen atoms in total.